The van der Waals surface area contributed by atoms with Crippen LogP contribution < -0.4 is 11.1 Å². The summed E-state index contributed by atoms with van der Waals surface area (Å²) in [7, 11) is 0. The second-order valence-electron chi connectivity index (χ2n) is 2.40. The van der Waals surface area contributed by atoms with Gasteiger partial charge >= 0.3 is 6.04 Å². The van der Waals surface area contributed by atoms with E-state index in [1.54, 1.807) is 6.92 Å². The van der Waals surface area contributed by atoms with Gasteiger partial charge in [-0.15, -0.1) is 0 Å². The van der Waals surface area contributed by atoms with Crippen LogP contribution in [0.3, 0.4) is 0 Å². The third-order valence-corrected chi connectivity index (χ3v) is 1.35. The predicted octanol–water partition coefficient (Wildman–Crippen LogP) is -0.274. The highest BCUT2D eigenvalue weighted by Crippen LogP contribution is 1.96. The van der Waals surface area contributed by atoms with Crippen LogP contribution in [0.4, 0.5) is 4.39 Å². The molecule has 12 heavy (non-hydrogen) atoms. The van der Waals surface area contributed by atoms with Crippen LogP contribution in [0.15, 0.2) is 0 Å². The molecule has 0 rings (SSSR count). The number of nitrogens with two attached hydrogens (primary N) is 1. The molecule has 0 spiro atoms. The van der Waals surface area contributed by atoms with Crippen molar-refractivity contribution in [3.05, 3.63) is 0 Å². The van der Waals surface area contributed by atoms with Crippen LogP contribution in [-0.4, -0.2) is 24.5 Å². The Morgan fingerprint density at radius 1 is 1.58 bits per heavy atom. The molecule has 1 amide bonds. The van der Waals surface area contributed by atoms with Crippen LogP contribution in [0.5, 0.6) is 0 Å². The first kappa shape index (κ1) is 11.0. The summed E-state index contributed by atoms with van der Waals surface area (Å²) in [6.07, 6.45) is 0.145. The molecule has 5 heteroatoms. The summed E-state index contributed by atoms with van der Waals surface area (Å²) in [6.45, 7) is 2.30. The van der Waals surface area contributed by atoms with E-state index >= 15 is 0 Å². The fraction of sp³-hybridized carbons (Fsp3) is 0.714. The summed E-state index contributed by atoms with van der Waals surface area (Å²) in [5, 5.41) is 2.51. The molecule has 0 aromatic carbocycles. The molecule has 0 aromatic heterocycles. The van der Waals surface area contributed by atoms with Gasteiger partial charge in [0.2, 0.25) is 5.91 Å². The summed E-state index contributed by atoms with van der Waals surface area (Å²) in [5.74, 6) is -0.214. The zero-order valence-corrected chi connectivity index (χ0v) is 6.97. The van der Waals surface area contributed by atoms with Crippen LogP contribution in [0.2, 0.25) is 0 Å². The van der Waals surface area contributed by atoms with Gasteiger partial charge in [-0.05, 0) is 13.3 Å². The standard InChI is InChI=1S/C7H13FN2O2/c1-2-10-6(11)4-3-5(9)7(8)12/h5H,2-4,9H2,1H3,(H,10,11). The number of nitrogens with one attached hydrogen (secondary N) is 1. The van der Waals surface area contributed by atoms with E-state index in [0.717, 1.165) is 0 Å². The molecule has 1 unspecified atom stereocenters. The lowest BCUT2D eigenvalue weighted by Crippen LogP contribution is -2.30. The van der Waals surface area contributed by atoms with Crippen molar-refractivity contribution in [1.29, 1.82) is 0 Å². The van der Waals surface area contributed by atoms with Crippen LogP contribution >= 0.6 is 0 Å². The molecular formula is C7H13FN2O2. The van der Waals surface area contributed by atoms with Crippen LogP contribution in [0.1, 0.15) is 19.8 Å². The fourth-order valence-electron chi connectivity index (χ4n) is 0.686. The minimum Gasteiger partial charge on any atom is -0.356 e. The van der Waals surface area contributed by atoms with Crippen molar-refractivity contribution in [2.45, 2.75) is 25.8 Å². The lowest BCUT2D eigenvalue weighted by molar-refractivity contribution is -0.130. The Labute approximate surface area is 70.3 Å². The van der Waals surface area contributed by atoms with E-state index in [2.05, 4.69) is 5.32 Å². The quantitative estimate of drug-likeness (QED) is 0.566. The number of halogens is 1. The largest absolute Gasteiger partial charge is 0.356 e. The Kier molecular flexibility index (Phi) is 5.19. The number of hydrogen-bond acceptors (Lipinski definition) is 3. The summed E-state index contributed by atoms with van der Waals surface area (Å²) in [6, 6.07) is -2.73. The van der Waals surface area contributed by atoms with Gasteiger partial charge in [-0.1, -0.05) is 0 Å². The third kappa shape index (κ3) is 4.79. The molecule has 0 aliphatic heterocycles. The molecule has 0 radical (unpaired) electrons. The summed E-state index contributed by atoms with van der Waals surface area (Å²) in [5.41, 5.74) is 5.06. The van der Waals surface area contributed by atoms with Crippen molar-refractivity contribution in [3.8, 4) is 0 Å². The topological polar surface area (TPSA) is 72.2 Å². The molecular weight excluding hydrogens is 163 g/mol. The van der Waals surface area contributed by atoms with E-state index < -0.39 is 12.1 Å². The van der Waals surface area contributed by atoms with Crippen molar-refractivity contribution in [3.63, 3.8) is 0 Å². The van der Waals surface area contributed by atoms with Gasteiger partial charge in [0, 0.05) is 13.0 Å². The average Bonchev–Trinajstić information content (AvgIpc) is 2.00. The van der Waals surface area contributed by atoms with E-state index in [1.807, 2.05) is 0 Å². The molecule has 0 aromatic rings. The molecule has 0 saturated carbocycles. The summed E-state index contributed by atoms with van der Waals surface area (Å²) in [4.78, 5) is 20.8. The van der Waals surface area contributed by atoms with E-state index in [0.29, 0.717) is 6.54 Å². The summed E-state index contributed by atoms with van der Waals surface area (Å²) < 4.78 is 11.8. The van der Waals surface area contributed by atoms with Crippen molar-refractivity contribution >= 4 is 11.9 Å². The zero-order valence-electron chi connectivity index (χ0n) is 6.97. The maximum absolute atomic E-state index is 11.8. The highest BCUT2D eigenvalue weighted by Gasteiger charge is 2.13. The van der Waals surface area contributed by atoms with Crippen molar-refractivity contribution in [1.82, 2.24) is 5.32 Å². The van der Waals surface area contributed by atoms with E-state index in [4.69, 9.17) is 5.73 Å². The number of carbonyl (C=O) groups excluding carboxylic acids is 2. The Bertz CT molecular complexity index is 173. The highest BCUT2D eigenvalue weighted by molar-refractivity contribution is 5.78. The predicted molar refractivity (Wildman–Crippen MR) is 42.0 cm³/mol. The van der Waals surface area contributed by atoms with E-state index in [1.165, 1.54) is 0 Å². The fourth-order valence-corrected chi connectivity index (χ4v) is 0.686. The lowest BCUT2D eigenvalue weighted by atomic mass is 10.2. The molecule has 0 bridgehead atoms. The Balaban J connectivity index is 3.54. The number of amides is 1. The zero-order chi connectivity index (χ0) is 9.56. The van der Waals surface area contributed by atoms with Gasteiger partial charge in [0.15, 0.2) is 0 Å². The Morgan fingerprint density at radius 3 is 2.58 bits per heavy atom. The summed E-state index contributed by atoms with van der Waals surface area (Å²) >= 11 is 0. The molecule has 70 valence electrons. The van der Waals surface area contributed by atoms with E-state index in [9.17, 15) is 14.0 Å². The molecule has 0 aliphatic rings. The average molecular weight is 176 g/mol. The van der Waals surface area contributed by atoms with Crippen LogP contribution in [0, 0.1) is 0 Å². The second kappa shape index (κ2) is 5.65. The van der Waals surface area contributed by atoms with Gasteiger partial charge in [0.1, 0.15) is 0 Å². The Morgan fingerprint density at radius 2 is 2.17 bits per heavy atom. The first-order valence-electron chi connectivity index (χ1n) is 3.79. The molecule has 0 fully saturated rings. The van der Waals surface area contributed by atoms with Crippen LogP contribution in [0.25, 0.3) is 0 Å². The van der Waals surface area contributed by atoms with Gasteiger partial charge in [-0.3, -0.25) is 9.59 Å². The molecule has 1 atom stereocenters. The van der Waals surface area contributed by atoms with Gasteiger partial charge in [0.25, 0.3) is 0 Å². The number of carbonyl (C=O) groups is 2. The maximum Gasteiger partial charge on any atom is 0.318 e. The minimum absolute atomic E-state index is 0.0567. The monoisotopic (exact) mass is 176 g/mol. The van der Waals surface area contributed by atoms with E-state index in [-0.39, 0.29) is 18.7 Å². The molecule has 3 N–H and O–H groups in total. The highest BCUT2D eigenvalue weighted by atomic mass is 19.1. The van der Waals surface area contributed by atoms with Gasteiger partial charge in [-0.2, -0.15) is 4.39 Å². The minimum atomic E-state index is -1.57. The molecule has 0 aliphatic carbocycles. The SMILES string of the molecule is CCNC(=O)CCC(N)C(=O)F. The van der Waals surface area contributed by atoms with Crippen molar-refractivity contribution < 1.29 is 14.0 Å². The third-order valence-electron chi connectivity index (χ3n) is 1.35. The molecule has 0 saturated heterocycles. The van der Waals surface area contributed by atoms with Crippen molar-refractivity contribution in [2.75, 3.05) is 6.54 Å². The second-order valence-corrected chi connectivity index (χ2v) is 2.40. The normalized spacial score (nSPS) is 12.2. The maximum atomic E-state index is 11.8. The first-order valence-corrected chi connectivity index (χ1v) is 3.79. The van der Waals surface area contributed by atoms with Crippen LogP contribution in [-0.2, 0) is 9.59 Å². The Hall–Kier alpha value is -0.970. The lowest BCUT2D eigenvalue weighted by Gasteiger charge is -2.04. The molecule has 4 nitrogen and oxygen atoms in total. The van der Waals surface area contributed by atoms with Gasteiger partial charge in [-0.25, -0.2) is 0 Å². The van der Waals surface area contributed by atoms with Crippen molar-refractivity contribution in [2.24, 2.45) is 5.73 Å². The molecule has 0 heterocycles. The number of hydrogen-bond donors (Lipinski definition) is 2. The smallest absolute Gasteiger partial charge is 0.318 e. The van der Waals surface area contributed by atoms with Gasteiger partial charge < -0.3 is 11.1 Å². The van der Waals surface area contributed by atoms with Gasteiger partial charge in [0.05, 0.1) is 6.04 Å². The first-order chi connectivity index (χ1) is 5.57. The number of rotatable bonds is 5.